The number of halogens is 1. The van der Waals surface area contributed by atoms with Crippen LogP contribution in [-0.4, -0.2) is 5.38 Å². The minimum Gasteiger partial charge on any atom is -0.123 e. The highest BCUT2D eigenvalue weighted by molar-refractivity contribution is 6.20. The molecule has 0 radical (unpaired) electrons. The number of rotatable bonds is 3. The highest BCUT2D eigenvalue weighted by Crippen LogP contribution is 2.38. The number of alkyl halides is 1. The van der Waals surface area contributed by atoms with E-state index in [1.807, 2.05) is 0 Å². The molecule has 1 heteroatoms. The minimum absolute atomic E-state index is 0.446. The van der Waals surface area contributed by atoms with Crippen molar-refractivity contribution < 1.29 is 0 Å². The first-order chi connectivity index (χ1) is 7.06. The van der Waals surface area contributed by atoms with Crippen LogP contribution in [0.5, 0.6) is 0 Å². The molecule has 0 aromatic heterocycles. The van der Waals surface area contributed by atoms with Gasteiger partial charge in [0.25, 0.3) is 0 Å². The smallest absolute Gasteiger partial charge is 0.0336 e. The lowest BCUT2D eigenvalue weighted by Crippen LogP contribution is -2.23. The van der Waals surface area contributed by atoms with Crippen LogP contribution in [0.3, 0.4) is 0 Å². The molecule has 0 spiro atoms. The summed E-state index contributed by atoms with van der Waals surface area (Å²) in [6.07, 6.45) is 6.46. The van der Waals surface area contributed by atoms with E-state index in [0.29, 0.717) is 5.38 Å². The molecular weight excluding hydrogens is 204 g/mol. The van der Waals surface area contributed by atoms with Crippen LogP contribution in [-0.2, 0) is 0 Å². The molecule has 0 heterocycles. The fraction of sp³-hybridized carbons (Fsp3) is 1.00. The van der Waals surface area contributed by atoms with Crippen LogP contribution in [0.25, 0.3) is 0 Å². The van der Waals surface area contributed by atoms with Crippen molar-refractivity contribution >= 4 is 11.6 Å². The standard InChI is InChI=1S/C14H27Cl/c1-5-10(2)12(4)14-9-8-13(15)7-6-11(14)3/h10-14H,5-9H2,1-4H3. The lowest BCUT2D eigenvalue weighted by atomic mass is 9.74. The summed E-state index contributed by atoms with van der Waals surface area (Å²) >= 11 is 6.27. The average molecular weight is 231 g/mol. The normalized spacial score (nSPS) is 37.0. The number of hydrogen-bond acceptors (Lipinski definition) is 0. The van der Waals surface area contributed by atoms with Crippen LogP contribution in [0.2, 0.25) is 0 Å². The molecule has 0 saturated heterocycles. The first-order valence-electron chi connectivity index (χ1n) is 6.70. The van der Waals surface area contributed by atoms with Crippen molar-refractivity contribution in [1.82, 2.24) is 0 Å². The Labute approximate surface area is 101 Å². The predicted octanol–water partition coefficient (Wildman–Crippen LogP) is 5.10. The third-order valence-electron chi connectivity index (χ3n) is 4.70. The van der Waals surface area contributed by atoms with E-state index >= 15 is 0 Å². The van der Waals surface area contributed by atoms with Gasteiger partial charge in [0.2, 0.25) is 0 Å². The SMILES string of the molecule is CCC(C)C(C)C1CCC(Cl)CCC1C. The average Bonchev–Trinajstić information content (AvgIpc) is 2.39. The molecule has 0 aromatic carbocycles. The van der Waals surface area contributed by atoms with Crippen LogP contribution in [0.4, 0.5) is 0 Å². The van der Waals surface area contributed by atoms with Gasteiger partial charge in [-0.2, -0.15) is 0 Å². The summed E-state index contributed by atoms with van der Waals surface area (Å²) in [5, 5.41) is 0.446. The van der Waals surface area contributed by atoms with Gasteiger partial charge in [-0.1, -0.05) is 34.1 Å². The second kappa shape index (κ2) is 6.13. The third kappa shape index (κ3) is 3.66. The zero-order valence-corrected chi connectivity index (χ0v) is 11.6. The third-order valence-corrected chi connectivity index (χ3v) is 5.13. The van der Waals surface area contributed by atoms with E-state index in [1.54, 1.807) is 0 Å². The van der Waals surface area contributed by atoms with E-state index in [0.717, 1.165) is 23.7 Å². The summed E-state index contributed by atoms with van der Waals surface area (Å²) in [5.41, 5.74) is 0. The first-order valence-corrected chi connectivity index (χ1v) is 7.14. The Kier molecular flexibility index (Phi) is 5.46. The Bertz CT molecular complexity index is 178. The molecule has 0 nitrogen and oxygen atoms in total. The van der Waals surface area contributed by atoms with E-state index in [9.17, 15) is 0 Å². The summed E-state index contributed by atoms with van der Waals surface area (Å²) in [6.45, 7) is 9.59. The molecule has 1 aliphatic carbocycles. The Morgan fingerprint density at radius 3 is 2.33 bits per heavy atom. The van der Waals surface area contributed by atoms with Crippen LogP contribution in [0.15, 0.2) is 0 Å². The maximum Gasteiger partial charge on any atom is 0.0336 e. The molecule has 1 fully saturated rings. The Morgan fingerprint density at radius 2 is 1.73 bits per heavy atom. The molecule has 0 N–H and O–H groups in total. The Hall–Kier alpha value is 0.290. The zero-order valence-electron chi connectivity index (χ0n) is 10.8. The van der Waals surface area contributed by atoms with Gasteiger partial charge in [-0.05, 0) is 49.4 Å². The highest BCUT2D eigenvalue weighted by Gasteiger charge is 2.29. The molecule has 5 unspecified atom stereocenters. The molecule has 0 amide bonds. The predicted molar refractivity (Wildman–Crippen MR) is 69.4 cm³/mol. The van der Waals surface area contributed by atoms with Gasteiger partial charge in [0, 0.05) is 5.38 Å². The van der Waals surface area contributed by atoms with Crippen molar-refractivity contribution in [1.29, 1.82) is 0 Å². The fourth-order valence-electron chi connectivity index (χ4n) is 3.03. The maximum absolute atomic E-state index is 6.27. The van der Waals surface area contributed by atoms with Gasteiger partial charge < -0.3 is 0 Å². The van der Waals surface area contributed by atoms with Gasteiger partial charge in [0.05, 0.1) is 0 Å². The summed E-state index contributed by atoms with van der Waals surface area (Å²) in [4.78, 5) is 0. The highest BCUT2D eigenvalue weighted by atomic mass is 35.5. The largest absolute Gasteiger partial charge is 0.123 e. The van der Waals surface area contributed by atoms with Crippen molar-refractivity contribution in [3.63, 3.8) is 0 Å². The van der Waals surface area contributed by atoms with Gasteiger partial charge >= 0.3 is 0 Å². The van der Waals surface area contributed by atoms with Crippen molar-refractivity contribution in [3.05, 3.63) is 0 Å². The van der Waals surface area contributed by atoms with E-state index in [4.69, 9.17) is 11.6 Å². The molecular formula is C14H27Cl. The van der Waals surface area contributed by atoms with Crippen LogP contribution >= 0.6 is 11.6 Å². The van der Waals surface area contributed by atoms with Gasteiger partial charge in [-0.15, -0.1) is 11.6 Å². The van der Waals surface area contributed by atoms with Crippen LogP contribution < -0.4 is 0 Å². The molecule has 1 rings (SSSR count). The first kappa shape index (κ1) is 13.4. The monoisotopic (exact) mass is 230 g/mol. The lowest BCUT2D eigenvalue weighted by Gasteiger charge is -2.31. The van der Waals surface area contributed by atoms with Crippen molar-refractivity contribution in [2.45, 2.75) is 65.2 Å². The number of hydrogen-bond donors (Lipinski definition) is 0. The molecule has 1 saturated carbocycles. The van der Waals surface area contributed by atoms with E-state index < -0.39 is 0 Å². The summed E-state index contributed by atoms with van der Waals surface area (Å²) in [5.74, 6) is 3.51. The van der Waals surface area contributed by atoms with E-state index in [-0.39, 0.29) is 0 Å². The van der Waals surface area contributed by atoms with Crippen LogP contribution in [0.1, 0.15) is 59.8 Å². The van der Waals surface area contributed by atoms with Crippen LogP contribution in [0, 0.1) is 23.7 Å². The van der Waals surface area contributed by atoms with Crippen molar-refractivity contribution in [3.8, 4) is 0 Å². The quantitative estimate of drug-likeness (QED) is 0.467. The maximum atomic E-state index is 6.27. The summed E-state index contributed by atoms with van der Waals surface area (Å²) < 4.78 is 0. The molecule has 0 bridgehead atoms. The second-order valence-corrected chi connectivity index (χ2v) is 6.25. The van der Waals surface area contributed by atoms with Gasteiger partial charge in [-0.3, -0.25) is 0 Å². The van der Waals surface area contributed by atoms with Gasteiger partial charge in [-0.25, -0.2) is 0 Å². The topological polar surface area (TPSA) is 0 Å². The second-order valence-electron chi connectivity index (χ2n) is 5.64. The van der Waals surface area contributed by atoms with E-state index in [2.05, 4.69) is 27.7 Å². The lowest BCUT2D eigenvalue weighted by molar-refractivity contribution is 0.181. The molecule has 90 valence electrons. The Balaban J connectivity index is 2.58. The fourth-order valence-corrected chi connectivity index (χ4v) is 3.29. The van der Waals surface area contributed by atoms with E-state index in [1.165, 1.54) is 32.1 Å². The van der Waals surface area contributed by atoms with Crippen molar-refractivity contribution in [2.75, 3.05) is 0 Å². The van der Waals surface area contributed by atoms with Crippen molar-refractivity contribution in [2.24, 2.45) is 23.7 Å². The minimum atomic E-state index is 0.446. The Morgan fingerprint density at radius 1 is 1.13 bits per heavy atom. The molecule has 0 aromatic rings. The summed E-state index contributed by atoms with van der Waals surface area (Å²) in [6, 6.07) is 0. The zero-order chi connectivity index (χ0) is 11.4. The molecule has 1 aliphatic rings. The summed E-state index contributed by atoms with van der Waals surface area (Å²) in [7, 11) is 0. The van der Waals surface area contributed by atoms with Gasteiger partial charge in [0.1, 0.15) is 0 Å². The van der Waals surface area contributed by atoms with Gasteiger partial charge in [0.15, 0.2) is 0 Å². The molecule has 5 atom stereocenters. The molecule has 0 aliphatic heterocycles. The molecule has 15 heavy (non-hydrogen) atoms.